The molecule has 0 fully saturated rings. The summed E-state index contributed by atoms with van der Waals surface area (Å²) in [5, 5.41) is 3.24. The van der Waals surface area contributed by atoms with Crippen molar-refractivity contribution in [2.24, 2.45) is 0 Å². The number of benzene rings is 2. The minimum absolute atomic E-state index is 0.110. The maximum atomic E-state index is 13.4. The van der Waals surface area contributed by atoms with Crippen LogP contribution in [0.5, 0.6) is 5.75 Å². The zero-order valence-corrected chi connectivity index (χ0v) is 20.2. The number of anilines is 1. The van der Waals surface area contributed by atoms with E-state index in [1.807, 2.05) is 71.0 Å². The van der Waals surface area contributed by atoms with Gasteiger partial charge in [0.15, 0.2) is 0 Å². The largest absolute Gasteiger partial charge is 0.494 e. The summed E-state index contributed by atoms with van der Waals surface area (Å²) in [6.07, 6.45) is 1.61. The lowest BCUT2D eigenvalue weighted by atomic mass is 10.0. The molecule has 2 amide bonds. The predicted octanol–water partition coefficient (Wildman–Crippen LogP) is 5.10. The van der Waals surface area contributed by atoms with Gasteiger partial charge < -0.3 is 14.8 Å². The van der Waals surface area contributed by atoms with Gasteiger partial charge in [-0.1, -0.05) is 25.1 Å². The highest BCUT2D eigenvalue weighted by Gasteiger charge is 2.38. The number of nitrogens with zero attached hydrogens (tertiary/aromatic N) is 1. The molecule has 0 radical (unpaired) electrons. The van der Waals surface area contributed by atoms with E-state index in [4.69, 9.17) is 9.47 Å². The van der Waals surface area contributed by atoms with Crippen LogP contribution in [-0.2, 0) is 14.3 Å². The van der Waals surface area contributed by atoms with Gasteiger partial charge in [-0.05, 0) is 81.5 Å². The van der Waals surface area contributed by atoms with Crippen molar-refractivity contribution in [3.05, 3.63) is 64.9 Å². The van der Waals surface area contributed by atoms with E-state index in [1.54, 1.807) is 0 Å². The van der Waals surface area contributed by atoms with Crippen molar-refractivity contribution < 1.29 is 19.1 Å². The van der Waals surface area contributed by atoms with Crippen molar-refractivity contribution in [1.82, 2.24) is 4.90 Å². The number of rotatable bonds is 11. The van der Waals surface area contributed by atoms with Gasteiger partial charge in [-0.25, -0.2) is 0 Å². The molecule has 0 spiro atoms. The molecule has 0 bridgehead atoms. The maximum Gasteiger partial charge on any atom is 0.278 e. The van der Waals surface area contributed by atoms with Crippen LogP contribution in [0.4, 0.5) is 5.69 Å². The maximum absolute atomic E-state index is 13.4. The van der Waals surface area contributed by atoms with Crippen molar-refractivity contribution in [3.8, 4) is 5.75 Å². The Morgan fingerprint density at radius 1 is 0.939 bits per heavy atom. The first-order valence-corrected chi connectivity index (χ1v) is 11.6. The third-order valence-corrected chi connectivity index (χ3v) is 5.25. The molecule has 1 aliphatic heterocycles. The Bertz CT molecular complexity index is 1000. The average Bonchev–Trinajstić information content (AvgIpc) is 2.98. The molecular formula is C27H34N2O4. The van der Waals surface area contributed by atoms with Gasteiger partial charge in [-0.3, -0.25) is 14.5 Å². The van der Waals surface area contributed by atoms with Crippen LogP contribution in [-0.4, -0.2) is 42.6 Å². The van der Waals surface area contributed by atoms with Crippen LogP contribution in [0.3, 0.4) is 0 Å². The smallest absolute Gasteiger partial charge is 0.278 e. The minimum atomic E-state index is -0.315. The van der Waals surface area contributed by atoms with Gasteiger partial charge in [0.25, 0.3) is 11.8 Å². The van der Waals surface area contributed by atoms with Crippen molar-refractivity contribution in [2.75, 3.05) is 25.1 Å². The molecule has 2 aromatic rings. The Hall–Kier alpha value is -3.12. The first-order valence-electron chi connectivity index (χ1n) is 11.6. The SMILES string of the molecule is CCCOc1ccc(C2=C(Nc3cc(C)cc(C)c3)C(=O)N(CCCOC(C)C)C2=O)cc1. The van der Waals surface area contributed by atoms with Crippen LogP contribution < -0.4 is 10.1 Å². The summed E-state index contributed by atoms with van der Waals surface area (Å²) in [5.74, 6) is 0.133. The Kier molecular flexibility index (Phi) is 8.28. The van der Waals surface area contributed by atoms with E-state index in [0.717, 1.165) is 29.0 Å². The molecule has 0 atom stereocenters. The molecule has 0 unspecified atom stereocenters. The summed E-state index contributed by atoms with van der Waals surface area (Å²) < 4.78 is 11.3. The zero-order chi connectivity index (χ0) is 24.0. The molecule has 0 aromatic heterocycles. The summed E-state index contributed by atoms with van der Waals surface area (Å²) in [6, 6.07) is 13.3. The number of aryl methyl sites for hydroxylation is 2. The van der Waals surface area contributed by atoms with E-state index in [0.29, 0.717) is 43.0 Å². The molecule has 1 N–H and O–H groups in total. The van der Waals surface area contributed by atoms with E-state index >= 15 is 0 Å². The predicted molar refractivity (Wildman–Crippen MR) is 131 cm³/mol. The third-order valence-electron chi connectivity index (χ3n) is 5.25. The molecule has 6 nitrogen and oxygen atoms in total. The zero-order valence-electron chi connectivity index (χ0n) is 20.2. The monoisotopic (exact) mass is 450 g/mol. The van der Waals surface area contributed by atoms with E-state index in [2.05, 4.69) is 11.4 Å². The third kappa shape index (κ3) is 6.23. The summed E-state index contributed by atoms with van der Waals surface area (Å²) in [5.41, 5.74) is 4.31. The van der Waals surface area contributed by atoms with E-state index in [9.17, 15) is 9.59 Å². The molecule has 2 aromatic carbocycles. The number of ether oxygens (including phenoxy) is 2. The highest BCUT2D eigenvalue weighted by molar-refractivity contribution is 6.36. The number of hydrogen-bond acceptors (Lipinski definition) is 5. The molecule has 1 heterocycles. The van der Waals surface area contributed by atoms with Gasteiger partial charge in [0, 0.05) is 18.8 Å². The normalized spacial score (nSPS) is 13.9. The Morgan fingerprint density at radius 3 is 2.21 bits per heavy atom. The fourth-order valence-corrected chi connectivity index (χ4v) is 3.83. The fraction of sp³-hybridized carbons (Fsp3) is 0.407. The number of nitrogens with one attached hydrogen (secondary N) is 1. The number of imide groups is 1. The number of carbonyl (C=O) groups excluding carboxylic acids is 2. The van der Waals surface area contributed by atoms with E-state index < -0.39 is 0 Å². The number of amides is 2. The molecular weight excluding hydrogens is 416 g/mol. The van der Waals surface area contributed by atoms with Crippen LogP contribution in [0.25, 0.3) is 5.57 Å². The summed E-state index contributed by atoms with van der Waals surface area (Å²) in [7, 11) is 0. The van der Waals surface area contributed by atoms with Crippen molar-refractivity contribution >= 4 is 23.1 Å². The molecule has 1 aliphatic rings. The average molecular weight is 451 g/mol. The van der Waals surface area contributed by atoms with Gasteiger partial charge in [0.2, 0.25) is 0 Å². The molecule has 33 heavy (non-hydrogen) atoms. The lowest BCUT2D eigenvalue weighted by Gasteiger charge is -2.16. The highest BCUT2D eigenvalue weighted by atomic mass is 16.5. The molecule has 6 heteroatoms. The van der Waals surface area contributed by atoms with E-state index in [-0.39, 0.29) is 17.9 Å². The highest BCUT2D eigenvalue weighted by Crippen LogP contribution is 2.32. The first-order chi connectivity index (χ1) is 15.8. The first kappa shape index (κ1) is 24.5. The topological polar surface area (TPSA) is 67.9 Å². The van der Waals surface area contributed by atoms with Crippen LogP contribution >= 0.6 is 0 Å². The van der Waals surface area contributed by atoms with Gasteiger partial charge in [0.05, 0.1) is 18.3 Å². The molecule has 0 saturated carbocycles. The quantitative estimate of drug-likeness (QED) is 0.381. The summed E-state index contributed by atoms with van der Waals surface area (Å²) in [6.45, 7) is 11.4. The number of hydrogen-bond donors (Lipinski definition) is 1. The second-order valence-corrected chi connectivity index (χ2v) is 8.66. The van der Waals surface area contributed by atoms with Crippen molar-refractivity contribution in [2.45, 2.75) is 53.6 Å². The van der Waals surface area contributed by atoms with Gasteiger partial charge in [0.1, 0.15) is 11.4 Å². The van der Waals surface area contributed by atoms with Crippen molar-refractivity contribution in [3.63, 3.8) is 0 Å². The number of carbonyl (C=O) groups is 2. The van der Waals surface area contributed by atoms with Crippen molar-refractivity contribution in [1.29, 1.82) is 0 Å². The Balaban J connectivity index is 1.91. The van der Waals surface area contributed by atoms with Gasteiger partial charge >= 0.3 is 0 Å². The lowest BCUT2D eigenvalue weighted by molar-refractivity contribution is -0.137. The summed E-state index contributed by atoms with van der Waals surface area (Å²) >= 11 is 0. The Labute approximate surface area is 196 Å². The second-order valence-electron chi connectivity index (χ2n) is 8.66. The fourth-order valence-electron chi connectivity index (χ4n) is 3.83. The molecule has 3 rings (SSSR count). The molecule has 0 aliphatic carbocycles. The van der Waals surface area contributed by atoms with Crippen LogP contribution in [0.15, 0.2) is 48.2 Å². The Morgan fingerprint density at radius 2 is 1.61 bits per heavy atom. The van der Waals surface area contributed by atoms with Crippen LogP contribution in [0.1, 0.15) is 50.3 Å². The minimum Gasteiger partial charge on any atom is -0.494 e. The molecule has 0 saturated heterocycles. The van der Waals surface area contributed by atoms with Crippen LogP contribution in [0, 0.1) is 13.8 Å². The second kappa shape index (κ2) is 11.1. The van der Waals surface area contributed by atoms with Gasteiger partial charge in [-0.2, -0.15) is 0 Å². The standard InChI is InChI=1S/C27H34N2O4/c1-6-13-33-23-10-8-21(9-11-23)24-25(28-22-16-19(4)15-20(5)17-22)27(31)29(26(24)30)12-7-14-32-18(2)3/h8-11,15-18,28H,6-7,12-14H2,1-5H3. The van der Waals surface area contributed by atoms with Crippen LogP contribution in [0.2, 0.25) is 0 Å². The van der Waals surface area contributed by atoms with E-state index in [1.165, 1.54) is 4.90 Å². The molecule has 176 valence electrons. The van der Waals surface area contributed by atoms with Gasteiger partial charge in [-0.15, -0.1) is 0 Å². The summed E-state index contributed by atoms with van der Waals surface area (Å²) in [4.78, 5) is 28.0. The lowest BCUT2D eigenvalue weighted by Crippen LogP contribution is -2.34.